The normalized spacial score (nSPS) is 12.4. The Balaban J connectivity index is 2.44. The first-order valence-electron chi connectivity index (χ1n) is 6.14. The largest absolute Gasteiger partial charge is 0.330 e. The van der Waals surface area contributed by atoms with E-state index in [0.717, 1.165) is 5.56 Å². The maximum atomic E-state index is 13.0. The predicted octanol–water partition coefficient (Wildman–Crippen LogP) is 3.53. The molecule has 0 aliphatic heterocycles. The van der Waals surface area contributed by atoms with Crippen LogP contribution in [-0.4, -0.2) is 6.54 Å². The minimum Gasteiger partial charge on any atom is -0.330 e. The van der Waals surface area contributed by atoms with Crippen molar-refractivity contribution < 1.29 is 4.39 Å². The molecule has 94 valence electrons. The van der Waals surface area contributed by atoms with Crippen molar-refractivity contribution in [2.75, 3.05) is 6.54 Å². The van der Waals surface area contributed by atoms with Gasteiger partial charge >= 0.3 is 0 Å². The monoisotopic (exact) mass is 243 g/mol. The first kappa shape index (κ1) is 12.8. The number of benzene rings is 2. The third-order valence-corrected chi connectivity index (χ3v) is 3.32. The van der Waals surface area contributed by atoms with Crippen LogP contribution in [0.3, 0.4) is 0 Å². The number of hydrogen-bond donors (Lipinski definition) is 1. The van der Waals surface area contributed by atoms with Crippen LogP contribution in [0.2, 0.25) is 0 Å². The van der Waals surface area contributed by atoms with Gasteiger partial charge in [-0.2, -0.15) is 0 Å². The molecule has 0 fully saturated rings. The highest BCUT2D eigenvalue weighted by Gasteiger charge is 2.14. The Labute approximate surface area is 107 Å². The number of nitrogens with two attached hydrogens (primary N) is 1. The fourth-order valence-corrected chi connectivity index (χ4v) is 2.27. The molecule has 0 spiro atoms. The van der Waals surface area contributed by atoms with Crippen molar-refractivity contribution in [3.05, 3.63) is 70.5 Å². The van der Waals surface area contributed by atoms with Gasteiger partial charge in [-0.1, -0.05) is 35.9 Å². The Morgan fingerprint density at radius 3 is 2.33 bits per heavy atom. The summed E-state index contributed by atoms with van der Waals surface area (Å²) in [5, 5.41) is 0. The quantitative estimate of drug-likeness (QED) is 0.876. The van der Waals surface area contributed by atoms with Gasteiger partial charge in [0.25, 0.3) is 0 Å². The zero-order chi connectivity index (χ0) is 13.1. The van der Waals surface area contributed by atoms with Crippen molar-refractivity contribution in [2.24, 2.45) is 5.73 Å². The molecule has 1 unspecified atom stereocenters. The van der Waals surface area contributed by atoms with Gasteiger partial charge in [0, 0.05) is 12.5 Å². The van der Waals surface area contributed by atoms with Gasteiger partial charge in [0.2, 0.25) is 0 Å². The van der Waals surface area contributed by atoms with Crippen molar-refractivity contribution in [1.29, 1.82) is 0 Å². The molecule has 2 N–H and O–H groups in total. The summed E-state index contributed by atoms with van der Waals surface area (Å²) in [4.78, 5) is 0. The van der Waals surface area contributed by atoms with Gasteiger partial charge in [0.05, 0.1) is 0 Å². The molecule has 0 saturated carbocycles. The SMILES string of the molecule is Cc1ccc(C)c(C(CN)c2ccc(F)cc2)c1. The number of aryl methyl sites for hydroxylation is 2. The van der Waals surface area contributed by atoms with Crippen LogP contribution in [0.1, 0.15) is 28.2 Å². The lowest BCUT2D eigenvalue weighted by atomic mass is 9.87. The lowest BCUT2D eigenvalue weighted by Gasteiger charge is -2.19. The highest BCUT2D eigenvalue weighted by atomic mass is 19.1. The molecule has 0 radical (unpaired) electrons. The van der Waals surface area contributed by atoms with Gasteiger partial charge in [-0.05, 0) is 42.7 Å². The molecule has 0 bridgehead atoms. The van der Waals surface area contributed by atoms with Gasteiger partial charge in [-0.3, -0.25) is 0 Å². The average molecular weight is 243 g/mol. The maximum Gasteiger partial charge on any atom is 0.123 e. The first-order chi connectivity index (χ1) is 8.61. The number of halogens is 1. The van der Waals surface area contributed by atoms with Crippen LogP contribution in [0.25, 0.3) is 0 Å². The zero-order valence-corrected chi connectivity index (χ0v) is 10.8. The van der Waals surface area contributed by atoms with Gasteiger partial charge in [0.1, 0.15) is 5.82 Å². The van der Waals surface area contributed by atoms with E-state index in [-0.39, 0.29) is 11.7 Å². The van der Waals surface area contributed by atoms with Crippen LogP contribution >= 0.6 is 0 Å². The summed E-state index contributed by atoms with van der Waals surface area (Å²) in [6, 6.07) is 13.0. The standard InChI is InChI=1S/C16H18FN/c1-11-3-4-12(2)15(9-11)16(10-18)13-5-7-14(17)8-6-13/h3-9,16H,10,18H2,1-2H3. The molecule has 2 rings (SSSR count). The minimum atomic E-state index is -0.213. The lowest BCUT2D eigenvalue weighted by molar-refractivity contribution is 0.626. The summed E-state index contributed by atoms with van der Waals surface area (Å²) in [7, 11) is 0. The van der Waals surface area contributed by atoms with Crippen LogP contribution in [-0.2, 0) is 0 Å². The van der Waals surface area contributed by atoms with Crippen LogP contribution in [0, 0.1) is 19.7 Å². The van der Waals surface area contributed by atoms with Crippen LogP contribution in [0.4, 0.5) is 4.39 Å². The summed E-state index contributed by atoms with van der Waals surface area (Å²) < 4.78 is 13.0. The molecular weight excluding hydrogens is 225 g/mol. The molecule has 1 nitrogen and oxygen atoms in total. The summed E-state index contributed by atoms with van der Waals surface area (Å²) in [6.45, 7) is 4.68. The summed E-state index contributed by atoms with van der Waals surface area (Å²) >= 11 is 0. The Kier molecular flexibility index (Phi) is 3.78. The summed E-state index contributed by atoms with van der Waals surface area (Å²) in [5.74, 6) is -0.0824. The van der Waals surface area contributed by atoms with Gasteiger partial charge in [0.15, 0.2) is 0 Å². The molecule has 2 aromatic carbocycles. The van der Waals surface area contributed by atoms with E-state index in [0.29, 0.717) is 6.54 Å². The smallest absolute Gasteiger partial charge is 0.123 e. The molecule has 0 aromatic heterocycles. The van der Waals surface area contributed by atoms with Crippen molar-refractivity contribution >= 4 is 0 Å². The van der Waals surface area contributed by atoms with E-state index in [2.05, 4.69) is 32.0 Å². The van der Waals surface area contributed by atoms with Crippen LogP contribution < -0.4 is 5.73 Å². The molecule has 0 aliphatic carbocycles. The zero-order valence-electron chi connectivity index (χ0n) is 10.8. The molecular formula is C16H18FN. The van der Waals surface area contributed by atoms with Crippen LogP contribution in [0.15, 0.2) is 42.5 Å². The fourth-order valence-electron chi connectivity index (χ4n) is 2.27. The third-order valence-electron chi connectivity index (χ3n) is 3.32. The summed E-state index contributed by atoms with van der Waals surface area (Å²) in [6.07, 6.45) is 0. The van der Waals surface area contributed by atoms with E-state index < -0.39 is 0 Å². The highest BCUT2D eigenvalue weighted by molar-refractivity contribution is 5.40. The van der Waals surface area contributed by atoms with E-state index in [1.54, 1.807) is 0 Å². The Bertz CT molecular complexity index is 531. The average Bonchev–Trinajstić information content (AvgIpc) is 2.37. The number of rotatable bonds is 3. The maximum absolute atomic E-state index is 13.0. The van der Waals surface area contributed by atoms with E-state index in [4.69, 9.17) is 5.73 Å². The third kappa shape index (κ3) is 2.59. The van der Waals surface area contributed by atoms with Crippen LogP contribution in [0.5, 0.6) is 0 Å². The number of hydrogen-bond acceptors (Lipinski definition) is 1. The predicted molar refractivity (Wildman–Crippen MR) is 73.2 cm³/mol. The lowest BCUT2D eigenvalue weighted by Crippen LogP contribution is -2.15. The van der Waals surface area contributed by atoms with Crippen molar-refractivity contribution in [3.63, 3.8) is 0 Å². The van der Waals surface area contributed by atoms with Crippen molar-refractivity contribution in [2.45, 2.75) is 19.8 Å². The topological polar surface area (TPSA) is 26.0 Å². The minimum absolute atomic E-state index is 0.130. The van der Waals surface area contributed by atoms with Crippen molar-refractivity contribution in [1.82, 2.24) is 0 Å². The van der Waals surface area contributed by atoms with Crippen molar-refractivity contribution in [3.8, 4) is 0 Å². The Hall–Kier alpha value is -1.67. The van der Waals surface area contributed by atoms with Gasteiger partial charge in [-0.25, -0.2) is 4.39 Å². The molecule has 0 aliphatic rings. The molecule has 2 heteroatoms. The van der Waals surface area contributed by atoms with E-state index in [9.17, 15) is 4.39 Å². The molecule has 0 saturated heterocycles. The second-order valence-electron chi connectivity index (χ2n) is 4.70. The summed E-state index contributed by atoms with van der Waals surface area (Å²) in [5.41, 5.74) is 10.6. The van der Waals surface area contributed by atoms with Gasteiger partial charge in [-0.15, -0.1) is 0 Å². The molecule has 1 atom stereocenters. The molecule has 0 heterocycles. The molecule has 18 heavy (non-hydrogen) atoms. The van der Waals surface area contributed by atoms with Gasteiger partial charge < -0.3 is 5.73 Å². The Morgan fingerprint density at radius 1 is 1.06 bits per heavy atom. The molecule has 0 amide bonds. The second kappa shape index (κ2) is 5.32. The van der Waals surface area contributed by atoms with E-state index >= 15 is 0 Å². The highest BCUT2D eigenvalue weighted by Crippen LogP contribution is 2.27. The molecule has 2 aromatic rings. The van der Waals surface area contributed by atoms with E-state index in [1.165, 1.54) is 28.8 Å². The first-order valence-corrected chi connectivity index (χ1v) is 6.14. The fraction of sp³-hybridized carbons (Fsp3) is 0.250. The Morgan fingerprint density at radius 2 is 1.72 bits per heavy atom. The van der Waals surface area contributed by atoms with E-state index in [1.807, 2.05) is 12.1 Å². The second-order valence-corrected chi connectivity index (χ2v) is 4.70.